The van der Waals surface area contributed by atoms with Crippen molar-refractivity contribution in [2.24, 2.45) is 0 Å². The van der Waals surface area contributed by atoms with Crippen molar-refractivity contribution in [1.29, 1.82) is 0 Å². The van der Waals surface area contributed by atoms with E-state index in [1.807, 2.05) is 18.2 Å². The van der Waals surface area contributed by atoms with Crippen LogP contribution in [0.25, 0.3) is 117 Å². The minimum atomic E-state index is -0.694. The molecule has 4 aliphatic carbocycles. The van der Waals surface area contributed by atoms with Crippen LogP contribution in [0, 0.1) is 0 Å². The minimum Gasteiger partial charge on any atom is -0.458 e. The predicted octanol–water partition coefficient (Wildman–Crippen LogP) is 23.8. The lowest BCUT2D eigenvalue weighted by Crippen LogP contribution is -2.59. The van der Waals surface area contributed by atoms with Crippen LogP contribution in [0.2, 0.25) is 0 Å². The van der Waals surface area contributed by atoms with Crippen molar-refractivity contribution in [2.45, 2.75) is 37.0 Å². The van der Waals surface area contributed by atoms with Gasteiger partial charge in [0.05, 0.1) is 38.5 Å². The first-order valence-corrected chi connectivity index (χ1v) is 36.7. The number of anilines is 3. The third kappa shape index (κ3) is 7.87. The van der Waals surface area contributed by atoms with Gasteiger partial charge in [-0.15, -0.1) is 0 Å². The molecule has 494 valence electrons. The van der Waals surface area contributed by atoms with E-state index in [-0.39, 0.29) is 33.9 Å². The highest BCUT2D eigenvalue weighted by Gasteiger charge is 2.54. The highest BCUT2D eigenvalue weighted by molar-refractivity contribution is 6.99. The molecular weight excluding hydrogens is 1280 g/mol. The lowest BCUT2D eigenvalue weighted by Gasteiger charge is -2.43. The maximum absolute atomic E-state index is 9.95. The predicted molar refractivity (Wildman–Crippen MR) is 440 cm³/mol. The van der Waals surface area contributed by atoms with Crippen molar-refractivity contribution < 1.29 is 15.7 Å². The zero-order valence-electron chi connectivity index (χ0n) is 66.2. The van der Waals surface area contributed by atoms with E-state index in [2.05, 4.69) is 311 Å². The summed E-state index contributed by atoms with van der Waals surface area (Å²) >= 11 is 0. The van der Waals surface area contributed by atoms with Crippen LogP contribution in [0.5, 0.6) is 11.5 Å². The van der Waals surface area contributed by atoms with Crippen LogP contribution in [-0.4, -0.2) is 11.3 Å². The molecule has 3 heterocycles. The number of nitrogens with zero attached hydrogens (tertiary/aromatic N) is 2. The lowest BCUT2D eigenvalue weighted by atomic mass is 9.34. The van der Waals surface area contributed by atoms with Crippen molar-refractivity contribution in [3.05, 3.63) is 402 Å². The van der Waals surface area contributed by atoms with Crippen LogP contribution in [-0.2, 0) is 16.2 Å². The molecule has 0 N–H and O–H groups in total. The molecular formula is C102H67BN2O. The van der Waals surface area contributed by atoms with Gasteiger partial charge >= 0.3 is 0 Å². The van der Waals surface area contributed by atoms with Gasteiger partial charge in [0, 0.05) is 39.0 Å². The number of para-hydroxylation sites is 3. The van der Waals surface area contributed by atoms with Crippen LogP contribution >= 0.6 is 0 Å². The van der Waals surface area contributed by atoms with Gasteiger partial charge in [0.15, 0.2) is 0 Å². The summed E-state index contributed by atoms with van der Waals surface area (Å²) in [4.78, 5) is 2.45. The average molecular weight is 1360 g/mol. The van der Waals surface area contributed by atoms with Crippen molar-refractivity contribution in [3.8, 4) is 106 Å². The molecule has 0 atom stereocenters. The maximum atomic E-state index is 9.95. The Balaban J connectivity index is 0.874. The SMILES string of the molecule is [2H]c1c([2H])c([2H])c2c(c1[2H])c1c([2H])c([2H])c([2H])c([2H])c1n2-c1ccc2c(c1)N(c1c(-c3ccc4c(c3)C3(c5ccccc5-c5ccccc53)c3ccccc3-4)cccc1-c1ccc3c(c1)C1(c4ccccc4-c4ccccc41)c1ccccc1-3)c1cc(C(C)(C)C)cc3c1B2c1cc(-c2ccccc2)c(-c2ccccc2)cc1O3. The van der Waals surface area contributed by atoms with Gasteiger partial charge in [0.1, 0.15) is 11.5 Å². The molecule has 6 aliphatic rings. The molecule has 3 nitrogen and oxygen atoms in total. The quantitative estimate of drug-likeness (QED) is 0.154. The van der Waals surface area contributed by atoms with Crippen LogP contribution in [0.4, 0.5) is 17.1 Å². The van der Waals surface area contributed by atoms with E-state index in [4.69, 9.17) is 7.48 Å². The van der Waals surface area contributed by atoms with Crippen LogP contribution in [0.3, 0.4) is 0 Å². The third-order valence-electron chi connectivity index (χ3n) is 24.1. The Labute approximate surface area is 628 Å². The summed E-state index contributed by atoms with van der Waals surface area (Å²) in [5.74, 6) is 1.41. The van der Waals surface area contributed by atoms with Gasteiger partial charge in [-0.3, -0.25) is 0 Å². The van der Waals surface area contributed by atoms with Crippen LogP contribution in [0.1, 0.15) is 81.8 Å². The minimum absolute atomic E-state index is 0.00381. The summed E-state index contributed by atoms with van der Waals surface area (Å²) in [6.45, 7) is 6.23. The molecule has 2 spiro atoms. The number of aromatic nitrogens is 1. The lowest BCUT2D eigenvalue weighted by molar-refractivity contribution is 0.483. The smallest absolute Gasteiger partial charge is 0.256 e. The largest absolute Gasteiger partial charge is 0.458 e. The second-order valence-electron chi connectivity index (χ2n) is 30.2. The Morgan fingerprint density at radius 2 is 0.736 bits per heavy atom. The summed E-state index contributed by atoms with van der Waals surface area (Å²) in [7, 11) is 0. The second kappa shape index (κ2) is 21.8. The molecule has 0 fully saturated rings. The highest BCUT2D eigenvalue weighted by atomic mass is 16.5. The molecule has 2 aliphatic heterocycles. The molecule has 1 aromatic heterocycles. The van der Waals surface area contributed by atoms with Gasteiger partial charge in [0.25, 0.3) is 6.71 Å². The van der Waals surface area contributed by atoms with Crippen LogP contribution < -0.4 is 26.0 Å². The number of fused-ring (bicyclic) bond motifs is 27. The summed E-state index contributed by atoms with van der Waals surface area (Å²) in [5, 5.41) is 0.00762. The van der Waals surface area contributed by atoms with E-state index in [0.717, 1.165) is 94.6 Å². The number of benzene rings is 16. The average Bonchev–Trinajstić information content (AvgIpc) is 1.49. The molecule has 4 heteroatoms. The first-order chi connectivity index (χ1) is 55.5. The molecule has 17 aromatic rings. The normalized spacial score (nSPS) is 15.2. The molecule has 0 bridgehead atoms. The molecule has 0 radical (unpaired) electrons. The van der Waals surface area contributed by atoms with E-state index in [9.17, 15) is 8.22 Å². The number of hydrogen-bond donors (Lipinski definition) is 0. The Bertz CT molecular complexity index is 6780. The Morgan fingerprint density at radius 1 is 0.321 bits per heavy atom. The monoisotopic (exact) mass is 1350 g/mol. The third-order valence-corrected chi connectivity index (χ3v) is 24.1. The molecule has 0 saturated carbocycles. The van der Waals surface area contributed by atoms with E-state index in [0.29, 0.717) is 17.2 Å². The van der Waals surface area contributed by atoms with Gasteiger partial charge < -0.3 is 14.2 Å². The Morgan fingerprint density at radius 3 is 1.20 bits per heavy atom. The van der Waals surface area contributed by atoms with E-state index >= 15 is 0 Å². The molecule has 106 heavy (non-hydrogen) atoms. The van der Waals surface area contributed by atoms with Gasteiger partial charge in [-0.1, -0.05) is 318 Å². The van der Waals surface area contributed by atoms with Gasteiger partial charge in [0.2, 0.25) is 0 Å². The van der Waals surface area contributed by atoms with E-state index in [1.165, 1.54) is 77.9 Å². The van der Waals surface area contributed by atoms with Crippen LogP contribution in [0.15, 0.2) is 352 Å². The zero-order valence-corrected chi connectivity index (χ0v) is 58.2. The fourth-order valence-corrected chi connectivity index (χ4v) is 19.8. The standard InChI is InChI=1S/C102H67BN2O/c1-100(2,3)66-57-95-98-97(58-66)106-96-61-81(63-29-8-5-9-30-63)80(62-27-6-4-7-28-62)60-91(96)103(98)90-54-51-67(104-92-47-24-16-37-78(92)79-38-17-25-48-93(79)104)59-94(90)105(95)99-68(64-49-52-76-74-35-14-22-45-86(74)101(88(76)55-64)82-41-18-10-31-70(82)71-32-11-19-42-83(71)101)39-26-40-69(99)65-50-53-77-75-36-15-23-46-87(75)102(89(77)56-65)84-43-20-12-33-72(84)73-34-13-21-44-85(73)102/h4-61H,1-3H3/i16D,17D,24D,25D,37D,38D,47D,48D. The van der Waals surface area contributed by atoms with E-state index < -0.39 is 59.2 Å². The van der Waals surface area contributed by atoms with Gasteiger partial charge in [-0.2, -0.15) is 0 Å². The van der Waals surface area contributed by atoms with Crippen molar-refractivity contribution in [3.63, 3.8) is 0 Å². The van der Waals surface area contributed by atoms with Crippen molar-refractivity contribution in [1.82, 2.24) is 4.57 Å². The fraction of sp³-hybridized carbons (Fsp3) is 0.0588. The second-order valence-corrected chi connectivity index (χ2v) is 30.2. The van der Waals surface area contributed by atoms with Gasteiger partial charge in [-0.25, -0.2) is 0 Å². The van der Waals surface area contributed by atoms with Crippen molar-refractivity contribution >= 4 is 62.0 Å². The molecule has 0 unspecified atom stereocenters. The number of ether oxygens (including phenoxy) is 1. The number of rotatable bonds is 6. The Hall–Kier alpha value is -13.0. The van der Waals surface area contributed by atoms with Gasteiger partial charge in [-0.05, 0) is 204 Å². The summed E-state index contributed by atoms with van der Waals surface area (Å²) in [5.41, 5.74) is 32.0. The fourth-order valence-electron chi connectivity index (χ4n) is 19.8. The first-order valence-electron chi connectivity index (χ1n) is 40.7. The topological polar surface area (TPSA) is 17.4 Å². The summed E-state index contributed by atoms with van der Waals surface area (Å²) in [6, 6.07) is 107. The highest BCUT2D eigenvalue weighted by Crippen LogP contribution is 2.66. The molecule has 16 aromatic carbocycles. The first kappa shape index (κ1) is 52.0. The zero-order chi connectivity index (χ0) is 76.9. The molecule has 0 saturated heterocycles. The molecule has 0 amide bonds. The summed E-state index contributed by atoms with van der Waals surface area (Å²) < 4.78 is 85.7. The summed E-state index contributed by atoms with van der Waals surface area (Å²) in [6.07, 6.45) is 0. The number of hydrogen-bond acceptors (Lipinski definition) is 2. The maximum Gasteiger partial charge on any atom is 0.256 e. The van der Waals surface area contributed by atoms with Crippen molar-refractivity contribution in [2.75, 3.05) is 4.90 Å². The van der Waals surface area contributed by atoms with E-state index in [1.54, 1.807) is 4.57 Å². The Kier molecular flexibility index (Phi) is 10.7. The molecule has 23 rings (SSSR count).